The van der Waals surface area contributed by atoms with E-state index < -0.39 is 0 Å². The lowest BCUT2D eigenvalue weighted by atomic mass is 10.1. The minimum atomic E-state index is -0.309. The van der Waals surface area contributed by atoms with E-state index in [-0.39, 0.29) is 12.1 Å². The fourth-order valence-electron chi connectivity index (χ4n) is 2.20. The number of rotatable bonds is 2. The Balaban J connectivity index is 2.19. The maximum atomic E-state index is 10.0. The number of alkyl halides is 1. The van der Waals surface area contributed by atoms with E-state index in [1.54, 1.807) is 4.68 Å². The van der Waals surface area contributed by atoms with Crippen molar-refractivity contribution < 1.29 is 5.11 Å². The Labute approximate surface area is 94.3 Å². The Morgan fingerprint density at radius 2 is 2.20 bits per heavy atom. The molecule has 2 atom stereocenters. The molecule has 2 rings (SSSR count). The van der Waals surface area contributed by atoms with Crippen LogP contribution in [0.2, 0.25) is 0 Å². The highest BCUT2D eigenvalue weighted by Gasteiger charge is 2.25. The highest BCUT2D eigenvalue weighted by atomic mass is 35.5. The van der Waals surface area contributed by atoms with Crippen LogP contribution in [0.5, 0.6) is 0 Å². The van der Waals surface area contributed by atoms with E-state index in [0.29, 0.717) is 5.88 Å². The molecule has 1 heterocycles. The monoisotopic (exact) mass is 229 g/mol. The molecule has 1 aromatic heterocycles. The maximum absolute atomic E-state index is 10.0. The predicted octanol–water partition coefficient (Wildman–Crippen LogP) is 1.88. The summed E-state index contributed by atoms with van der Waals surface area (Å²) in [7, 11) is 0. The molecule has 0 aliphatic heterocycles. The number of hydrogen-bond donors (Lipinski definition) is 1. The standard InChI is InChI=1S/C10H16ClN3O/c11-6-10-12-7-13-14(10)8-4-2-1-3-5-9(8)15/h7-9,15H,1-6H2. The third-order valence-electron chi connectivity index (χ3n) is 3.02. The van der Waals surface area contributed by atoms with Crippen molar-refractivity contribution in [1.29, 1.82) is 0 Å². The van der Waals surface area contributed by atoms with Crippen LogP contribution in [0.1, 0.15) is 44.0 Å². The molecule has 0 amide bonds. The van der Waals surface area contributed by atoms with Crippen molar-refractivity contribution in [2.24, 2.45) is 0 Å². The molecule has 1 aliphatic rings. The van der Waals surface area contributed by atoms with Crippen LogP contribution in [0, 0.1) is 0 Å². The smallest absolute Gasteiger partial charge is 0.142 e. The van der Waals surface area contributed by atoms with Crippen LogP contribution in [0.3, 0.4) is 0 Å². The molecule has 1 aromatic rings. The largest absolute Gasteiger partial charge is 0.391 e. The predicted molar refractivity (Wildman–Crippen MR) is 57.7 cm³/mol. The van der Waals surface area contributed by atoms with Gasteiger partial charge in [0.2, 0.25) is 0 Å². The van der Waals surface area contributed by atoms with Crippen molar-refractivity contribution in [2.75, 3.05) is 0 Å². The summed E-state index contributed by atoms with van der Waals surface area (Å²) in [6.07, 6.45) is 6.46. The minimum absolute atomic E-state index is 0.0590. The van der Waals surface area contributed by atoms with E-state index in [2.05, 4.69) is 10.1 Å². The fraction of sp³-hybridized carbons (Fsp3) is 0.800. The number of aliphatic hydroxyl groups excluding tert-OH is 1. The summed E-state index contributed by atoms with van der Waals surface area (Å²) in [6, 6.07) is 0.0590. The Morgan fingerprint density at radius 3 is 3.00 bits per heavy atom. The molecule has 0 radical (unpaired) electrons. The first kappa shape index (κ1) is 10.9. The molecule has 0 aromatic carbocycles. The van der Waals surface area contributed by atoms with Gasteiger partial charge in [-0.3, -0.25) is 0 Å². The van der Waals surface area contributed by atoms with E-state index in [1.165, 1.54) is 12.7 Å². The summed E-state index contributed by atoms with van der Waals surface area (Å²) >= 11 is 5.78. The van der Waals surface area contributed by atoms with E-state index in [0.717, 1.165) is 31.5 Å². The van der Waals surface area contributed by atoms with Gasteiger partial charge in [0.05, 0.1) is 18.0 Å². The first-order valence-corrected chi connectivity index (χ1v) is 5.99. The second kappa shape index (κ2) is 4.94. The Morgan fingerprint density at radius 1 is 1.40 bits per heavy atom. The van der Waals surface area contributed by atoms with Crippen LogP contribution in [0.25, 0.3) is 0 Å². The lowest BCUT2D eigenvalue weighted by molar-refractivity contribution is 0.0975. The van der Waals surface area contributed by atoms with E-state index in [1.807, 2.05) is 0 Å². The molecule has 1 fully saturated rings. The average molecular weight is 230 g/mol. The zero-order chi connectivity index (χ0) is 10.7. The van der Waals surface area contributed by atoms with Gasteiger partial charge in [0.25, 0.3) is 0 Å². The van der Waals surface area contributed by atoms with Crippen LogP contribution in [-0.2, 0) is 5.88 Å². The molecular formula is C10H16ClN3O. The molecular weight excluding hydrogens is 214 g/mol. The van der Waals surface area contributed by atoms with E-state index >= 15 is 0 Å². The first-order chi connectivity index (χ1) is 7.33. The zero-order valence-corrected chi connectivity index (χ0v) is 9.40. The lowest BCUT2D eigenvalue weighted by Crippen LogP contribution is -2.25. The van der Waals surface area contributed by atoms with Crippen molar-refractivity contribution in [3.8, 4) is 0 Å². The summed E-state index contributed by atoms with van der Waals surface area (Å²) in [6.45, 7) is 0. The fourth-order valence-corrected chi connectivity index (χ4v) is 2.39. The van der Waals surface area contributed by atoms with Gasteiger partial charge in [-0.05, 0) is 12.8 Å². The molecule has 5 heteroatoms. The Kier molecular flexibility index (Phi) is 3.59. The topological polar surface area (TPSA) is 50.9 Å². The summed E-state index contributed by atoms with van der Waals surface area (Å²) in [5, 5.41) is 14.2. The third kappa shape index (κ3) is 2.32. The van der Waals surface area contributed by atoms with Crippen molar-refractivity contribution >= 4 is 11.6 Å². The van der Waals surface area contributed by atoms with Crippen LogP contribution < -0.4 is 0 Å². The van der Waals surface area contributed by atoms with Gasteiger partial charge in [-0.15, -0.1) is 11.6 Å². The summed E-state index contributed by atoms with van der Waals surface area (Å²) < 4.78 is 1.79. The normalized spacial score (nSPS) is 27.6. The van der Waals surface area contributed by atoms with Gasteiger partial charge in [0, 0.05) is 0 Å². The molecule has 0 bridgehead atoms. The number of halogens is 1. The zero-order valence-electron chi connectivity index (χ0n) is 8.64. The third-order valence-corrected chi connectivity index (χ3v) is 3.26. The minimum Gasteiger partial charge on any atom is -0.391 e. The molecule has 2 unspecified atom stereocenters. The number of aliphatic hydroxyl groups is 1. The first-order valence-electron chi connectivity index (χ1n) is 5.45. The van der Waals surface area contributed by atoms with Crippen LogP contribution >= 0.6 is 11.6 Å². The lowest BCUT2D eigenvalue weighted by Gasteiger charge is -2.21. The number of hydrogen-bond acceptors (Lipinski definition) is 3. The maximum Gasteiger partial charge on any atom is 0.142 e. The van der Waals surface area contributed by atoms with Gasteiger partial charge in [-0.1, -0.05) is 19.3 Å². The van der Waals surface area contributed by atoms with Gasteiger partial charge in [0.15, 0.2) is 0 Å². The molecule has 1 aliphatic carbocycles. The van der Waals surface area contributed by atoms with Crippen molar-refractivity contribution in [2.45, 2.75) is 50.1 Å². The molecule has 4 nitrogen and oxygen atoms in total. The Hall–Kier alpha value is -0.610. The summed E-state index contributed by atoms with van der Waals surface area (Å²) in [5.74, 6) is 1.10. The highest BCUT2D eigenvalue weighted by Crippen LogP contribution is 2.27. The Bertz CT molecular complexity index is 315. The van der Waals surface area contributed by atoms with E-state index in [4.69, 9.17) is 11.6 Å². The van der Waals surface area contributed by atoms with Gasteiger partial charge in [-0.2, -0.15) is 5.10 Å². The van der Waals surface area contributed by atoms with Gasteiger partial charge < -0.3 is 5.11 Å². The molecule has 1 N–H and O–H groups in total. The summed E-state index contributed by atoms with van der Waals surface area (Å²) in [5.41, 5.74) is 0. The summed E-state index contributed by atoms with van der Waals surface area (Å²) in [4.78, 5) is 4.08. The van der Waals surface area contributed by atoms with Crippen molar-refractivity contribution in [3.05, 3.63) is 12.2 Å². The van der Waals surface area contributed by atoms with E-state index in [9.17, 15) is 5.11 Å². The molecule has 84 valence electrons. The second-order valence-corrected chi connectivity index (χ2v) is 4.29. The van der Waals surface area contributed by atoms with Gasteiger partial charge in [-0.25, -0.2) is 9.67 Å². The molecule has 0 spiro atoms. The number of aromatic nitrogens is 3. The van der Waals surface area contributed by atoms with Crippen LogP contribution in [0.4, 0.5) is 0 Å². The van der Waals surface area contributed by atoms with Gasteiger partial charge >= 0.3 is 0 Å². The van der Waals surface area contributed by atoms with Crippen molar-refractivity contribution in [1.82, 2.24) is 14.8 Å². The van der Waals surface area contributed by atoms with Crippen LogP contribution in [-0.4, -0.2) is 26.0 Å². The molecule has 0 saturated heterocycles. The number of nitrogens with zero attached hydrogens (tertiary/aromatic N) is 3. The second-order valence-electron chi connectivity index (χ2n) is 4.03. The highest BCUT2D eigenvalue weighted by molar-refractivity contribution is 6.16. The van der Waals surface area contributed by atoms with Crippen molar-refractivity contribution in [3.63, 3.8) is 0 Å². The molecule has 1 saturated carbocycles. The SMILES string of the molecule is OC1CCCCCC1n1ncnc1CCl. The quantitative estimate of drug-likeness (QED) is 0.622. The van der Waals surface area contributed by atoms with Crippen LogP contribution in [0.15, 0.2) is 6.33 Å². The molecule has 15 heavy (non-hydrogen) atoms. The van der Waals surface area contributed by atoms with Gasteiger partial charge in [0.1, 0.15) is 12.2 Å². The average Bonchev–Trinajstić information content (AvgIpc) is 2.61.